The smallest absolute Gasteiger partial charge is 0.330 e. The Hall–Kier alpha value is -2.37. The van der Waals surface area contributed by atoms with E-state index in [1.54, 1.807) is 23.0 Å². The second kappa shape index (κ2) is 5.51. The molecular formula is C13H14FN3O2. The summed E-state index contributed by atoms with van der Waals surface area (Å²) in [5, 5.41) is 15.9. The molecule has 6 heteroatoms. The first-order valence-electron chi connectivity index (χ1n) is 5.88. The Morgan fingerprint density at radius 2 is 2.26 bits per heavy atom. The normalized spacial score (nSPS) is 12.1. The van der Waals surface area contributed by atoms with E-state index in [2.05, 4.69) is 10.4 Å². The zero-order valence-electron chi connectivity index (χ0n) is 10.4. The number of rotatable bonds is 5. The van der Waals surface area contributed by atoms with Crippen LogP contribution in [-0.4, -0.2) is 20.9 Å². The van der Waals surface area contributed by atoms with Crippen LogP contribution in [0.5, 0.6) is 0 Å². The molecule has 0 aliphatic rings. The van der Waals surface area contributed by atoms with Crippen molar-refractivity contribution in [3.8, 4) is 0 Å². The summed E-state index contributed by atoms with van der Waals surface area (Å²) in [4.78, 5) is 11.3. The third-order valence-electron chi connectivity index (χ3n) is 2.73. The first kappa shape index (κ1) is 13.1. The number of para-hydroxylation sites is 1. The fourth-order valence-electron chi connectivity index (χ4n) is 1.72. The minimum atomic E-state index is -1.08. The van der Waals surface area contributed by atoms with Gasteiger partial charge in [-0.25, -0.2) is 9.18 Å². The molecule has 19 heavy (non-hydrogen) atoms. The Bertz CT molecular complexity index is 583. The van der Waals surface area contributed by atoms with Crippen molar-refractivity contribution in [2.24, 2.45) is 0 Å². The van der Waals surface area contributed by atoms with Gasteiger partial charge in [0.15, 0.2) is 6.04 Å². The molecule has 0 aliphatic heterocycles. The van der Waals surface area contributed by atoms with Crippen LogP contribution in [0.4, 0.5) is 10.1 Å². The molecule has 0 spiro atoms. The van der Waals surface area contributed by atoms with E-state index in [0.29, 0.717) is 12.1 Å². The van der Waals surface area contributed by atoms with Crippen molar-refractivity contribution >= 4 is 11.7 Å². The molecule has 5 nitrogen and oxygen atoms in total. The van der Waals surface area contributed by atoms with Crippen LogP contribution in [0.1, 0.15) is 18.5 Å². The molecule has 1 aromatic carbocycles. The molecule has 100 valence electrons. The minimum absolute atomic E-state index is 0.152. The fraction of sp³-hybridized carbons (Fsp3) is 0.231. The highest BCUT2D eigenvalue weighted by Crippen LogP contribution is 2.21. The molecule has 0 radical (unpaired) electrons. The number of aryl methyl sites for hydroxylation is 1. The number of nitrogens with one attached hydrogen (secondary N) is 1. The van der Waals surface area contributed by atoms with Crippen LogP contribution in [0.15, 0.2) is 36.7 Å². The van der Waals surface area contributed by atoms with Crippen LogP contribution in [-0.2, 0) is 11.3 Å². The Labute approximate surface area is 109 Å². The highest BCUT2D eigenvalue weighted by Gasteiger charge is 2.22. The number of hydrogen-bond acceptors (Lipinski definition) is 3. The van der Waals surface area contributed by atoms with E-state index in [1.165, 1.54) is 18.3 Å². The maximum atomic E-state index is 13.5. The maximum absolute atomic E-state index is 13.5. The van der Waals surface area contributed by atoms with Crippen LogP contribution in [0.2, 0.25) is 0 Å². The summed E-state index contributed by atoms with van der Waals surface area (Å²) in [6.07, 6.45) is 3.10. The lowest BCUT2D eigenvalue weighted by molar-refractivity contribution is -0.138. The summed E-state index contributed by atoms with van der Waals surface area (Å²) in [6, 6.07) is 4.93. The van der Waals surface area contributed by atoms with Crippen molar-refractivity contribution in [3.05, 3.63) is 48.0 Å². The fourth-order valence-corrected chi connectivity index (χ4v) is 1.72. The maximum Gasteiger partial charge on any atom is 0.330 e. The topological polar surface area (TPSA) is 67.2 Å². The van der Waals surface area contributed by atoms with E-state index < -0.39 is 17.8 Å². The van der Waals surface area contributed by atoms with Crippen LogP contribution in [0.25, 0.3) is 0 Å². The van der Waals surface area contributed by atoms with Crippen molar-refractivity contribution in [1.29, 1.82) is 0 Å². The standard InChI is InChI=1S/C13H14FN3O2/c1-2-17-8-9(7-15-17)12(13(18)19)16-11-6-4-3-5-10(11)14/h3-8,12,16H,2H2,1H3,(H,18,19). The summed E-state index contributed by atoms with van der Waals surface area (Å²) in [5.41, 5.74) is 0.636. The summed E-state index contributed by atoms with van der Waals surface area (Å²) in [6.45, 7) is 2.54. The third kappa shape index (κ3) is 2.90. The second-order valence-electron chi connectivity index (χ2n) is 4.02. The van der Waals surface area contributed by atoms with Crippen molar-refractivity contribution in [2.45, 2.75) is 19.5 Å². The number of carboxylic acids is 1. The zero-order valence-corrected chi connectivity index (χ0v) is 10.4. The molecule has 0 saturated carbocycles. The number of carboxylic acid groups (broad SMARTS) is 1. The molecule has 1 atom stereocenters. The summed E-state index contributed by atoms with van der Waals surface area (Å²) in [5.74, 6) is -1.57. The molecular weight excluding hydrogens is 249 g/mol. The van der Waals surface area contributed by atoms with Gasteiger partial charge in [0.1, 0.15) is 5.82 Å². The Balaban J connectivity index is 2.26. The number of anilines is 1. The van der Waals surface area contributed by atoms with E-state index >= 15 is 0 Å². The Kier molecular flexibility index (Phi) is 3.79. The lowest BCUT2D eigenvalue weighted by atomic mass is 10.1. The number of aromatic nitrogens is 2. The van der Waals surface area contributed by atoms with E-state index in [1.807, 2.05) is 6.92 Å². The monoisotopic (exact) mass is 263 g/mol. The highest BCUT2D eigenvalue weighted by molar-refractivity contribution is 5.79. The Morgan fingerprint density at radius 1 is 1.53 bits per heavy atom. The molecule has 2 rings (SSSR count). The first-order valence-corrected chi connectivity index (χ1v) is 5.88. The second-order valence-corrected chi connectivity index (χ2v) is 4.02. The highest BCUT2D eigenvalue weighted by atomic mass is 19.1. The zero-order chi connectivity index (χ0) is 13.8. The third-order valence-corrected chi connectivity index (χ3v) is 2.73. The van der Waals surface area contributed by atoms with Crippen LogP contribution in [0, 0.1) is 5.82 Å². The Morgan fingerprint density at radius 3 is 2.84 bits per heavy atom. The van der Waals surface area contributed by atoms with E-state index in [-0.39, 0.29) is 5.69 Å². The SMILES string of the molecule is CCn1cc(C(Nc2ccccc2F)C(=O)O)cn1. The number of halogens is 1. The number of aliphatic carboxylic acids is 1. The molecule has 0 amide bonds. The van der Waals surface area contributed by atoms with Gasteiger partial charge in [0.05, 0.1) is 11.9 Å². The average Bonchev–Trinajstić information content (AvgIpc) is 2.86. The van der Waals surface area contributed by atoms with Crippen LogP contribution >= 0.6 is 0 Å². The number of hydrogen-bond donors (Lipinski definition) is 2. The molecule has 1 unspecified atom stereocenters. The largest absolute Gasteiger partial charge is 0.479 e. The van der Waals surface area contributed by atoms with Gasteiger partial charge in [0, 0.05) is 18.3 Å². The molecule has 0 saturated heterocycles. The van der Waals surface area contributed by atoms with Crippen molar-refractivity contribution < 1.29 is 14.3 Å². The summed E-state index contributed by atoms with van der Waals surface area (Å²) >= 11 is 0. The van der Waals surface area contributed by atoms with E-state index in [4.69, 9.17) is 0 Å². The molecule has 0 fully saturated rings. The molecule has 2 aromatic rings. The van der Waals surface area contributed by atoms with Gasteiger partial charge >= 0.3 is 5.97 Å². The van der Waals surface area contributed by atoms with Crippen LogP contribution in [0.3, 0.4) is 0 Å². The average molecular weight is 263 g/mol. The van der Waals surface area contributed by atoms with E-state index in [0.717, 1.165) is 0 Å². The van der Waals surface area contributed by atoms with Gasteiger partial charge in [-0.3, -0.25) is 4.68 Å². The lowest BCUT2D eigenvalue weighted by Gasteiger charge is -2.14. The van der Waals surface area contributed by atoms with Gasteiger partial charge in [-0.15, -0.1) is 0 Å². The van der Waals surface area contributed by atoms with Crippen molar-refractivity contribution in [2.75, 3.05) is 5.32 Å². The molecule has 0 aliphatic carbocycles. The lowest BCUT2D eigenvalue weighted by Crippen LogP contribution is -2.20. The van der Waals surface area contributed by atoms with Gasteiger partial charge in [0.25, 0.3) is 0 Å². The molecule has 1 aromatic heterocycles. The van der Waals surface area contributed by atoms with Gasteiger partial charge in [0.2, 0.25) is 0 Å². The van der Waals surface area contributed by atoms with Crippen LogP contribution < -0.4 is 5.32 Å². The van der Waals surface area contributed by atoms with E-state index in [9.17, 15) is 14.3 Å². The number of nitrogens with zero attached hydrogens (tertiary/aromatic N) is 2. The quantitative estimate of drug-likeness (QED) is 0.868. The molecule has 1 heterocycles. The number of benzene rings is 1. The predicted molar refractivity (Wildman–Crippen MR) is 68.3 cm³/mol. The first-order chi connectivity index (χ1) is 9.11. The molecule has 0 bridgehead atoms. The van der Waals surface area contributed by atoms with Gasteiger partial charge < -0.3 is 10.4 Å². The predicted octanol–water partition coefficient (Wildman–Crippen LogP) is 2.28. The summed E-state index contributed by atoms with van der Waals surface area (Å²) in [7, 11) is 0. The van der Waals surface area contributed by atoms with Gasteiger partial charge in [-0.05, 0) is 19.1 Å². The summed E-state index contributed by atoms with van der Waals surface area (Å²) < 4.78 is 15.1. The minimum Gasteiger partial charge on any atom is -0.479 e. The van der Waals surface area contributed by atoms with Crippen molar-refractivity contribution in [3.63, 3.8) is 0 Å². The number of carbonyl (C=O) groups is 1. The molecule has 2 N–H and O–H groups in total. The van der Waals surface area contributed by atoms with Crippen molar-refractivity contribution in [1.82, 2.24) is 9.78 Å². The van der Waals surface area contributed by atoms with Gasteiger partial charge in [-0.2, -0.15) is 5.10 Å². The van der Waals surface area contributed by atoms with Gasteiger partial charge in [-0.1, -0.05) is 12.1 Å².